The van der Waals surface area contributed by atoms with Crippen LogP contribution in [0.2, 0.25) is 0 Å². The van der Waals surface area contributed by atoms with Crippen LogP contribution in [0.25, 0.3) is 0 Å². The normalized spacial score (nSPS) is 11.6. The van der Waals surface area contributed by atoms with Crippen molar-refractivity contribution in [3.05, 3.63) is 23.8 Å². The van der Waals surface area contributed by atoms with Gasteiger partial charge < -0.3 is 15.2 Å². The summed E-state index contributed by atoms with van der Waals surface area (Å²) in [6.45, 7) is 4.29. The SMILES string of the molecule is CCC(C(N)=O)c1ccc(OC(C)=O)c(OC(C)=O)c1. The third kappa shape index (κ3) is 4.08. The van der Waals surface area contributed by atoms with Gasteiger partial charge in [0.05, 0.1) is 5.92 Å². The van der Waals surface area contributed by atoms with Crippen LogP contribution in [0, 0.1) is 0 Å². The molecular weight excluding hydrogens is 262 g/mol. The largest absolute Gasteiger partial charge is 0.423 e. The number of ether oxygens (including phenoxy) is 2. The highest BCUT2D eigenvalue weighted by Crippen LogP contribution is 2.32. The molecule has 1 amide bonds. The zero-order chi connectivity index (χ0) is 15.3. The Balaban J connectivity index is 3.21. The van der Waals surface area contributed by atoms with E-state index in [1.807, 2.05) is 6.92 Å². The van der Waals surface area contributed by atoms with Gasteiger partial charge in [-0.2, -0.15) is 0 Å². The standard InChI is InChI=1S/C14H17NO5/c1-4-11(14(15)18)10-5-6-12(19-8(2)16)13(7-10)20-9(3)17/h5-7,11H,4H2,1-3H3,(H2,15,18). The predicted octanol–water partition coefficient (Wildman–Crippen LogP) is 1.52. The molecule has 1 rings (SSSR count). The molecule has 6 nitrogen and oxygen atoms in total. The molecule has 6 heteroatoms. The molecule has 108 valence electrons. The number of carbonyl (C=O) groups is 3. The molecule has 0 aliphatic heterocycles. The van der Waals surface area contributed by atoms with Gasteiger partial charge in [-0.05, 0) is 24.1 Å². The van der Waals surface area contributed by atoms with Crippen LogP contribution in [0.1, 0.15) is 38.7 Å². The van der Waals surface area contributed by atoms with E-state index in [1.165, 1.54) is 26.0 Å². The lowest BCUT2D eigenvalue weighted by molar-refractivity contribution is -0.134. The van der Waals surface area contributed by atoms with E-state index in [0.29, 0.717) is 12.0 Å². The topological polar surface area (TPSA) is 95.7 Å². The Morgan fingerprint density at radius 3 is 2.10 bits per heavy atom. The van der Waals surface area contributed by atoms with Gasteiger partial charge in [0.25, 0.3) is 0 Å². The van der Waals surface area contributed by atoms with Crippen LogP contribution >= 0.6 is 0 Å². The van der Waals surface area contributed by atoms with Gasteiger partial charge in [-0.3, -0.25) is 14.4 Å². The van der Waals surface area contributed by atoms with Gasteiger partial charge in [0.15, 0.2) is 11.5 Å². The molecule has 2 N–H and O–H groups in total. The van der Waals surface area contributed by atoms with Crippen LogP contribution in [-0.2, 0) is 14.4 Å². The summed E-state index contributed by atoms with van der Waals surface area (Å²) >= 11 is 0. The van der Waals surface area contributed by atoms with Crippen molar-refractivity contribution >= 4 is 17.8 Å². The summed E-state index contributed by atoms with van der Waals surface area (Å²) in [4.78, 5) is 33.4. The van der Waals surface area contributed by atoms with Crippen molar-refractivity contribution in [2.24, 2.45) is 5.73 Å². The van der Waals surface area contributed by atoms with Crippen LogP contribution in [0.3, 0.4) is 0 Å². The molecule has 1 aromatic rings. The van der Waals surface area contributed by atoms with Gasteiger partial charge in [0.1, 0.15) is 0 Å². The molecule has 0 radical (unpaired) electrons. The fourth-order valence-electron chi connectivity index (χ4n) is 1.82. The van der Waals surface area contributed by atoms with Crippen molar-refractivity contribution in [2.45, 2.75) is 33.1 Å². The first kappa shape index (κ1) is 15.7. The molecule has 1 unspecified atom stereocenters. The molecule has 0 aliphatic carbocycles. The highest BCUT2D eigenvalue weighted by Gasteiger charge is 2.19. The Hall–Kier alpha value is -2.37. The third-order valence-electron chi connectivity index (χ3n) is 2.63. The van der Waals surface area contributed by atoms with E-state index in [-0.39, 0.29) is 11.5 Å². The number of rotatable bonds is 5. The van der Waals surface area contributed by atoms with Crippen LogP contribution < -0.4 is 15.2 Å². The maximum atomic E-state index is 11.4. The number of amides is 1. The number of esters is 2. The molecule has 0 aliphatic rings. The van der Waals surface area contributed by atoms with E-state index in [4.69, 9.17) is 15.2 Å². The smallest absolute Gasteiger partial charge is 0.308 e. The molecule has 0 bridgehead atoms. The Bertz CT molecular complexity index is 538. The van der Waals surface area contributed by atoms with Crippen LogP contribution in [0.5, 0.6) is 11.5 Å². The van der Waals surface area contributed by atoms with E-state index in [9.17, 15) is 14.4 Å². The lowest BCUT2D eigenvalue weighted by Gasteiger charge is -2.14. The quantitative estimate of drug-likeness (QED) is 0.651. The van der Waals surface area contributed by atoms with E-state index in [0.717, 1.165) is 0 Å². The average Bonchev–Trinajstić information content (AvgIpc) is 2.31. The second kappa shape index (κ2) is 6.70. The minimum Gasteiger partial charge on any atom is -0.423 e. The summed E-state index contributed by atoms with van der Waals surface area (Å²) in [6, 6.07) is 4.57. The molecule has 0 saturated heterocycles. The fraction of sp³-hybridized carbons (Fsp3) is 0.357. The van der Waals surface area contributed by atoms with E-state index in [1.54, 1.807) is 6.07 Å². The predicted molar refractivity (Wildman–Crippen MR) is 71.3 cm³/mol. The molecule has 1 atom stereocenters. The number of carbonyl (C=O) groups excluding carboxylic acids is 3. The molecule has 0 fully saturated rings. The van der Waals surface area contributed by atoms with E-state index < -0.39 is 23.8 Å². The summed E-state index contributed by atoms with van der Waals surface area (Å²) in [5.74, 6) is -1.84. The average molecular weight is 279 g/mol. The minimum absolute atomic E-state index is 0.0879. The molecule has 0 saturated carbocycles. The first-order valence-electron chi connectivity index (χ1n) is 6.15. The van der Waals surface area contributed by atoms with Crippen LogP contribution in [0.15, 0.2) is 18.2 Å². The van der Waals surface area contributed by atoms with Gasteiger partial charge in [-0.15, -0.1) is 0 Å². The van der Waals surface area contributed by atoms with Crippen molar-refractivity contribution in [1.82, 2.24) is 0 Å². The van der Waals surface area contributed by atoms with Crippen molar-refractivity contribution < 1.29 is 23.9 Å². The highest BCUT2D eigenvalue weighted by atomic mass is 16.6. The first-order valence-corrected chi connectivity index (χ1v) is 6.15. The zero-order valence-corrected chi connectivity index (χ0v) is 11.6. The molecule has 20 heavy (non-hydrogen) atoms. The number of benzene rings is 1. The Labute approximate surface area is 116 Å². The summed E-state index contributed by atoms with van der Waals surface area (Å²) in [6.07, 6.45) is 0.516. The fourth-order valence-corrected chi connectivity index (χ4v) is 1.82. The first-order chi connectivity index (χ1) is 9.35. The Morgan fingerprint density at radius 1 is 1.10 bits per heavy atom. The zero-order valence-electron chi connectivity index (χ0n) is 11.6. The molecular formula is C14H17NO5. The minimum atomic E-state index is -0.553. The van der Waals surface area contributed by atoms with E-state index >= 15 is 0 Å². The second-order valence-corrected chi connectivity index (χ2v) is 4.26. The van der Waals surface area contributed by atoms with Crippen molar-refractivity contribution in [3.8, 4) is 11.5 Å². The highest BCUT2D eigenvalue weighted by molar-refractivity contribution is 5.82. The summed E-state index contributed by atoms with van der Waals surface area (Å²) in [5.41, 5.74) is 5.92. The number of hydrogen-bond acceptors (Lipinski definition) is 5. The molecule has 0 heterocycles. The van der Waals surface area contributed by atoms with Gasteiger partial charge in [0.2, 0.25) is 5.91 Å². The molecule has 0 aromatic heterocycles. The van der Waals surface area contributed by atoms with Gasteiger partial charge >= 0.3 is 11.9 Å². The lowest BCUT2D eigenvalue weighted by atomic mass is 9.95. The van der Waals surface area contributed by atoms with Crippen molar-refractivity contribution in [2.75, 3.05) is 0 Å². The third-order valence-corrected chi connectivity index (χ3v) is 2.63. The molecule has 0 spiro atoms. The van der Waals surface area contributed by atoms with E-state index in [2.05, 4.69) is 0 Å². The van der Waals surface area contributed by atoms with Crippen LogP contribution in [-0.4, -0.2) is 17.8 Å². The lowest BCUT2D eigenvalue weighted by Crippen LogP contribution is -2.21. The second-order valence-electron chi connectivity index (χ2n) is 4.26. The van der Waals surface area contributed by atoms with Gasteiger partial charge in [-0.25, -0.2) is 0 Å². The van der Waals surface area contributed by atoms with Gasteiger partial charge in [-0.1, -0.05) is 13.0 Å². The summed E-state index contributed by atoms with van der Waals surface area (Å²) in [7, 11) is 0. The maximum Gasteiger partial charge on any atom is 0.308 e. The summed E-state index contributed by atoms with van der Waals surface area (Å²) in [5, 5.41) is 0. The van der Waals surface area contributed by atoms with Gasteiger partial charge in [0, 0.05) is 13.8 Å². The monoisotopic (exact) mass is 279 g/mol. The Kier molecular flexibility index (Phi) is 5.25. The Morgan fingerprint density at radius 2 is 1.65 bits per heavy atom. The summed E-state index contributed by atoms with van der Waals surface area (Å²) < 4.78 is 9.94. The number of primary amides is 1. The van der Waals surface area contributed by atoms with Crippen molar-refractivity contribution in [3.63, 3.8) is 0 Å². The maximum absolute atomic E-state index is 11.4. The molecule has 1 aromatic carbocycles. The number of hydrogen-bond donors (Lipinski definition) is 1. The number of nitrogens with two attached hydrogens (primary N) is 1. The van der Waals surface area contributed by atoms with Crippen molar-refractivity contribution in [1.29, 1.82) is 0 Å². The van der Waals surface area contributed by atoms with Crippen LogP contribution in [0.4, 0.5) is 0 Å².